The molecule has 21 heavy (non-hydrogen) atoms. The first-order valence-corrected chi connectivity index (χ1v) is 7.19. The number of benzene rings is 1. The fourth-order valence-electron chi connectivity index (χ4n) is 2.48. The van der Waals surface area contributed by atoms with Crippen molar-refractivity contribution in [3.05, 3.63) is 32.5 Å². The number of hydrogen-bond donors (Lipinski definition) is 0. The van der Waals surface area contributed by atoms with Gasteiger partial charge in [-0.15, -0.1) is 0 Å². The molecule has 6 nitrogen and oxygen atoms in total. The summed E-state index contributed by atoms with van der Waals surface area (Å²) in [5.41, 5.74) is 0.00286. The molecule has 1 fully saturated rings. The fraction of sp³-hybridized carbons (Fsp3) is 0.462. The molecule has 0 bridgehead atoms. The van der Waals surface area contributed by atoms with E-state index in [4.69, 9.17) is 4.74 Å². The van der Waals surface area contributed by atoms with E-state index in [0.29, 0.717) is 31.6 Å². The number of carbonyl (C=O) groups excluding carboxylic acids is 1. The SMILES string of the molecule is COC(=O)C1CCCN(c2cc(Br)c(F)cc2[N+](=O)[O-])C1. The smallest absolute Gasteiger partial charge is 0.310 e. The lowest BCUT2D eigenvalue weighted by Gasteiger charge is -2.32. The van der Waals surface area contributed by atoms with Crippen LogP contribution in [0.3, 0.4) is 0 Å². The molecule has 114 valence electrons. The molecule has 0 spiro atoms. The Bertz CT molecular complexity index is 582. The number of methoxy groups -OCH3 is 1. The summed E-state index contributed by atoms with van der Waals surface area (Å²) < 4.78 is 18.4. The molecule has 0 amide bonds. The summed E-state index contributed by atoms with van der Waals surface area (Å²) >= 11 is 3.04. The second kappa shape index (κ2) is 6.38. The van der Waals surface area contributed by atoms with Gasteiger partial charge in [0.1, 0.15) is 11.5 Å². The number of hydrogen-bond acceptors (Lipinski definition) is 5. The fourth-order valence-corrected chi connectivity index (χ4v) is 2.81. The molecule has 1 atom stereocenters. The normalized spacial score (nSPS) is 18.4. The van der Waals surface area contributed by atoms with Crippen molar-refractivity contribution in [2.24, 2.45) is 5.92 Å². The third-order valence-electron chi connectivity index (χ3n) is 3.51. The van der Waals surface area contributed by atoms with Gasteiger partial charge >= 0.3 is 5.97 Å². The van der Waals surface area contributed by atoms with E-state index >= 15 is 0 Å². The van der Waals surface area contributed by atoms with Crippen LogP contribution in [0.5, 0.6) is 0 Å². The summed E-state index contributed by atoms with van der Waals surface area (Å²) in [5.74, 6) is -1.34. The van der Waals surface area contributed by atoms with Crippen LogP contribution in [-0.4, -0.2) is 31.1 Å². The molecular weight excluding hydrogens is 347 g/mol. The third-order valence-corrected chi connectivity index (χ3v) is 4.12. The van der Waals surface area contributed by atoms with Crippen LogP contribution in [0.2, 0.25) is 0 Å². The van der Waals surface area contributed by atoms with Gasteiger partial charge in [0.05, 0.1) is 28.5 Å². The van der Waals surface area contributed by atoms with Crippen LogP contribution in [-0.2, 0) is 9.53 Å². The average molecular weight is 361 g/mol. The molecule has 2 rings (SSSR count). The molecule has 1 saturated heterocycles. The quantitative estimate of drug-likeness (QED) is 0.470. The van der Waals surface area contributed by atoms with E-state index in [2.05, 4.69) is 15.9 Å². The molecule has 1 aliphatic rings. The third kappa shape index (κ3) is 3.31. The van der Waals surface area contributed by atoms with E-state index in [0.717, 1.165) is 6.07 Å². The molecule has 0 aromatic heterocycles. The minimum Gasteiger partial charge on any atom is -0.469 e. The van der Waals surface area contributed by atoms with Gasteiger partial charge in [0, 0.05) is 13.1 Å². The number of rotatable bonds is 3. The highest BCUT2D eigenvalue weighted by atomic mass is 79.9. The zero-order valence-corrected chi connectivity index (χ0v) is 12.9. The molecule has 1 heterocycles. The molecule has 1 unspecified atom stereocenters. The van der Waals surface area contributed by atoms with Crippen LogP contribution < -0.4 is 4.90 Å². The largest absolute Gasteiger partial charge is 0.469 e. The number of piperidine rings is 1. The lowest BCUT2D eigenvalue weighted by Crippen LogP contribution is -2.39. The van der Waals surface area contributed by atoms with Crippen molar-refractivity contribution >= 4 is 33.3 Å². The van der Waals surface area contributed by atoms with Crippen molar-refractivity contribution in [2.75, 3.05) is 25.1 Å². The Morgan fingerprint density at radius 3 is 2.90 bits per heavy atom. The Balaban J connectivity index is 2.34. The molecule has 0 aliphatic carbocycles. The van der Waals surface area contributed by atoms with Crippen molar-refractivity contribution in [1.82, 2.24) is 0 Å². The first kappa shape index (κ1) is 15.7. The van der Waals surface area contributed by atoms with Crippen LogP contribution in [0.4, 0.5) is 15.8 Å². The molecule has 0 N–H and O–H groups in total. The van der Waals surface area contributed by atoms with Gasteiger partial charge in [0.2, 0.25) is 0 Å². The molecule has 0 radical (unpaired) electrons. The highest BCUT2D eigenvalue weighted by Gasteiger charge is 2.30. The minimum absolute atomic E-state index is 0.156. The number of halogens is 2. The van der Waals surface area contributed by atoms with Gasteiger partial charge in [-0.3, -0.25) is 14.9 Å². The Morgan fingerprint density at radius 1 is 1.57 bits per heavy atom. The van der Waals surface area contributed by atoms with E-state index in [1.54, 1.807) is 4.90 Å². The monoisotopic (exact) mass is 360 g/mol. The molecule has 1 aromatic rings. The predicted octanol–water partition coefficient (Wildman–Crippen LogP) is 2.89. The summed E-state index contributed by atoms with van der Waals surface area (Å²) in [4.78, 5) is 23.8. The highest BCUT2D eigenvalue weighted by Crippen LogP contribution is 2.35. The summed E-state index contributed by atoms with van der Waals surface area (Å²) in [5, 5.41) is 11.1. The topological polar surface area (TPSA) is 72.7 Å². The molecular formula is C13H14BrFN2O4. The van der Waals surface area contributed by atoms with Crippen molar-refractivity contribution in [1.29, 1.82) is 0 Å². The molecule has 1 aromatic carbocycles. The van der Waals surface area contributed by atoms with E-state index in [-0.39, 0.29) is 22.0 Å². The second-order valence-electron chi connectivity index (χ2n) is 4.82. The minimum atomic E-state index is -0.688. The first-order valence-electron chi connectivity index (χ1n) is 6.40. The molecule has 1 aliphatic heterocycles. The summed E-state index contributed by atoms with van der Waals surface area (Å²) in [6.45, 7) is 0.901. The summed E-state index contributed by atoms with van der Waals surface area (Å²) in [6.07, 6.45) is 1.39. The predicted molar refractivity (Wildman–Crippen MR) is 77.7 cm³/mol. The number of ether oxygens (including phenoxy) is 1. The van der Waals surface area contributed by atoms with Gasteiger partial charge in [0.15, 0.2) is 0 Å². The summed E-state index contributed by atoms with van der Waals surface area (Å²) in [7, 11) is 1.32. The molecule has 0 saturated carbocycles. The Kier molecular flexibility index (Phi) is 4.76. The van der Waals surface area contributed by atoms with Crippen LogP contribution in [0.1, 0.15) is 12.8 Å². The van der Waals surface area contributed by atoms with Gasteiger partial charge in [-0.2, -0.15) is 0 Å². The second-order valence-corrected chi connectivity index (χ2v) is 5.67. The van der Waals surface area contributed by atoms with Gasteiger partial charge in [-0.1, -0.05) is 0 Å². The highest BCUT2D eigenvalue weighted by molar-refractivity contribution is 9.10. The Hall–Kier alpha value is -1.70. The zero-order valence-electron chi connectivity index (χ0n) is 11.3. The number of nitro groups is 1. The van der Waals surface area contributed by atoms with Crippen molar-refractivity contribution in [3.8, 4) is 0 Å². The van der Waals surface area contributed by atoms with Crippen LogP contribution in [0.25, 0.3) is 0 Å². The van der Waals surface area contributed by atoms with Gasteiger partial charge in [0.25, 0.3) is 5.69 Å². The zero-order chi connectivity index (χ0) is 15.6. The van der Waals surface area contributed by atoms with Crippen LogP contribution in [0, 0.1) is 21.8 Å². The Morgan fingerprint density at radius 2 is 2.29 bits per heavy atom. The maximum atomic E-state index is 13.5. The maximum Gasteiger partial charge on any atom is 0.310 e. The van der Waals surface area contributed by atoms with Gasteiger partial charge in [-0.25, -0.2) is 4.39 Å². The Labute approximate surface area is 129 Å². The van der Waals surface area contributed by atoms with E-state index < -0.39 is 10.7 Å². The van der Waals surface area contributed by atoms with Crippen molar-refractivity contribution in [2.45, 2.75) is 12.8 Å². The maximum absolute atomic E-state index is 13.5. The lowest BCUT2D eigenvalue weighted by molar-refractivity contribution is -0.384. The van der Waals surface area contributed by atoms with Crippen LogP contribution >= 0.6 is 15.9 Å². The first-order chi connectivity index (χ1) is 9.93. The number of anilines is 1. The summed E-state index contributed by atoms with van der Waals surface area (Å²) in [6, 6.07) is 2.27. The number of esters is 1. The van der Waals surface area contributed by atoms with Crippen molar-refractivity contribution < 1.29 is 18.8 Å². The lowest BCUT2D eigenvalue weighted by atomic mass is 9.97. The van der Waals surface area contributed by atoms with E-state index in [1.165, 1.54) is 13.2 Å². The van der Waals surface area contributed by atoms with Gasteiger partial charge < -0.3 is 9.64 Å². The van der Waals surface area contributed by atoms with E-state index in [9.17, 15) is 19.3 Å². The number of nitrogens with zero attached hydrogens (tertiary/aromatic N) is 2. The number of nitro benzene ring substituents is 1. The van der Waals surface area contributed by atoms with Crippen LogP contribution in [0.15, 0.2) is 16.6 Å². The number of carbonyl (C=O) groups is 1. The molecule has 8 heteroatoms. The van der Waals surface area contributed by atoms with E-state index in [1.807, 2.05) is 0 Å². The van der Waals surface area contributed by atoms with Gasteiger partial charge in [-0.05, 0) is 34.8 Å². The standard InChI is InChI=1S/C13H14BrFN2O4/c1-21-13(18)8-3-2-4-16(7-8)11-5-9(14)10(15)6-12(11)17(19)20/h5-6,8H,2-4,7H2,1H3. The average Bonchev–Trinajstić information content (AvgIpc) is 2.48. The van der Waals surface area contributed by atoms with Crippen molar-refractivity contribution in [3.63, 3.8) is 0 Å².